The normalized spacial score (nSPS) is 10.8. The Kier molecular flexibility index (Phi) is 6.98. The molecule has 3 rings (SSSR count). The molecule has 0 aliphatic rings. The highest BCUT2D eigenvalue weighted by atomic mass is 32.1. The number of ether oxygens (including phenoxy) is 1. The lowest BCUT2D eigenvalue weighted by Gasteiger charge is -2.11. The number of nitrogens with one attached hydrogen (secondary N) is 1. The van der Waals surface area contributed by atoms with Crippen LogP contribution in [-0.2, 0) is 11.4 Å². The molecule has 154 valence electrons. The minimum Gasteiger partial charge on any atom is -0.487 e. The van der Waals surface area contributed by atoms with Crippen LogP contribution in [0.3, 0.4) is 0 Å². The summed E-state index contributed by atoms with van der Waals surface area (Å²) >= 11 is 1.60. The number of aromatic nitrogens is 1. The number of carbonyl (C=O) groups excluding carboxylic acids is 2. The zero-order valence-corrected chi connectivity index (χ0v) is 17.9. The number of hydrogen-bond donors (Lipinski definition) is 1. The number of hydrogen-bond acceptors (Lipinski definition) is 5. The third-order valence-electron chi connectivity index (χ3n) is 4.14. The predicted octanol–water partition coefficient (Wildman–Crippen LogP) is 4.38. The van der Waals surface area contributed by atoms with Crippen molar-refractivity contribution in [2.24, 2.45) is 0 Å². The fraction of sp³-hybridized carbons (Fsp3) is 0.174. The van der Waals surface area contributed by atoms with Gasteiger partial charge in [0, 0.05) is 36.8 Å². The van der Waals surface area contributed by atoms with Crippen molar-refractivity contribution >= 4 is 34.9 Å². The van der Waals surface area contributed by atoms with Gasteiger partial charge in [-0.3, -0.25) is 9.59 Å². The van der Waals surface area contributed by atoms with Crippen molar-refractivity contribution in [2.45, 2.75) is 13.5 Å². The third kappa shape index (κ3) is 6.02. The molecule has 0 radical (unpaired) electrons. The zero-order chi connectivity index (χ0) is 21.5. The maximum absolute atomic E-state index is 12.2. The second kappa shape index (κ2) is 9.84. The molecule has 0 spiro atoms. The monoisotopic (exact) mass is 421 g/mol. The molecule has 6 nitrogen and oxygen atoms in total. The first-order valence-corrected chi connectivity index (χ1v) is 10.2. The molecular formula is C23H23N3O3S. The van der Waals surface area contributed by atoms with Crippen LogP contribution < -0.4 is 10.1 Å². The molecule has 1 N–H and O–H groups in total. The van der Waals surface area contributed by atoms with E-state index in [-0.39, 0.29) is 11.8 Å². The number of anilines is 1. The van der Waals surface area contributed by atoms with Gasteiger partial charge in [0.1, 0.15) is 12.4 Å². The molecule has 0 fully saturated rings. The number of carbonyl (C=O) groups is 2. The van der Waals surface area contributed by atoms with Gasteiger partial charge in [0.05, 0.1) is 10.7 Å². The topological polar surface area (TPSA) is 71.5 Å². The lowest BCUT2D eigenvalue weighted by Crippen LogP contribution is -2.21. The first kappa shape index (κ1) is 21.3. The van der Waals surface area contributed by atoms with Gasteiger partial charge in [0.25, 0.3) is 5.91 Å². The Morgan fingerprint density at radius 1 is 1.17 bits per heavy atom. The summed E-state index contributed by atoms with van der Waals surface area (Å²) in [5, 5.41) is 5.77. The Bertz CT molecular complexity index is 1060. The fourth-order valence-electron chi connectivity index (χ4n) is 2.65. The minimum absolute atomic E-state index is 0.117. The van der Waals surface area contributed by atoms with Crippen LogP contribution in [0.2, 0.25) is 0 Å². The van der Waals surface area contributed by atoms with E-state index in [0.717, 1.165) is 22.0 Å². The lowest BCUT2D eigenvalue weighted by atomic mass is 10.1. The van der Waals surface area contributed by atoms with Crippen molar-refractivity contribution in [1.29, 1.82) is 0 Å². The Morgan fingerprint density at radius 3 is 2.60 bits per heavy atom. The van der Waals surface area contributed by atoms with E-state index in [0.29, 0.717) is 17.9 Å². The van der Waals surface area contributed by atoms with Crippen LogP contribution in [0, 0.1) is 6.92 Å². The lowest BCUT2D eigenvalue weighted by molar-refractivity contribution is -0.111. The van der Waals surface area contributed by atoms with Gasteiger partial charge in [0.15, 0.2) is 0 Å². The quantitative estimate of drug-likeness (QED) is 0.575. The molecule has 0 aliphatic carbocycles. The van der Waals surface area contributed by atoms with Crippen LogP contribution in [0.5, 0.6) is 5.75 Å². The van der Waals surface area contributed by atoms with Crippen LogP contribution in [0.4, 0.5) is 5.69 Å². The zero-order valence-electron chi connectivity index (χ0n) is 17.1. The highest BCUT2D eigenvalue weighted by molar-refractivity contribution is 7.09. The minimum atomic E-state index is -0.274. The Hall–Kier alpha value is -3.45. The summed E-state index contributed by atoms with van der Waals surface area (Å²) in [6.45, 7) is 2.39. The number of amides is 2. The molecule has 1 heterocycles. The largest absolute Gasteiger partial charge is 0.487 e. The van der Waals surface area contributed by atoms with E-state index in [2.05, 4.69) is 10.3 Å². The van der Waals surface area contributed by atoms with Crippen molar-refractivity contribution in [2.75, 3.05) is 19.4 Å². The van der Waals surface area contributed by atoms with E-state index in [1.165, 1.54) is 11.0 Å². The molecule has 0 aliphatic heterocycles. The van der Waals surface area contributed by atoms with Gasteiger partial charge >= 0.3 is 0 Å². The maximum atomic E-state index is 12.2. The molecule has 0 unspecified atom stereocenters. The van der Waals surface area contributed by atoms with Crippen LogP contribution in [-0.4, -0.2) is 35.8 Å². The fourth-order valence-corrected chi connectivity index (χ4v) is 3.25. The molecule has 2 amide bonds. The third-order valence-corrected chi connectivity index (χ3v) is 4.97. The van der Waals surface area contributed by atoms with E-state index in [1.54, 1.807) is 55.8 Å². The molecule has 7 heteroatoms. The van der Waals surface area contributed by atoms with E-state index in [1.807, 2.05) is 36.6 Å². The standard InChI is InChI=1S/C23H23N3O3S/c1-16-24-20(15-30-16)14-29-21-10-7-17(8-11-21)9-12-22(27)25-19-6-4-5-18(13-19)23(28)26(2)3/h4-13,15H,14H2,1-3H3,(H,25,27)/b12-9+. The van der Waals surface area contributed by atoms with Gasteiger partial charge in [-0.25, -0.2) is 4.98 Å². The molecule has 0 saturated carbocycles. The van der Waals surface area contributed by atoms with Crippen molar-refractivity contribution < 1.29 is 14.3 Å². The van der Waals surface area contributed by atoms with Crippen LogP contribution in [0.15, 0.2) is 60.0 Å². The first-order chi connectivity index (χ1) is 14.4. The highest BCUT2D eigenvalue weighted by Crippen LogP contribution is 2.17. The number of thiazole rings is 1. The van der Waals surface area contributed by atoms with Crippen molar-refractivity contribution in [3.63, 3.8) is 0 Å². The Morgan fingerprint density at radius 2 is 1.93 bits per heavy atom. The number of rotatable bonds is 7. The number of nitrogens with zero attached hydrogens (tertiary/aromatic N) is 2. The van der Waals surface area contributed by atoms with Gasteiger partial charge in [-0.1, -0.05) is 18.2 Å². The first-order valence-electron chi connectivity index (χ1n) is 9.35. The summed E-state index contributed by atoms with van der Waals surface area (Å²) in [6.07, 6.45) is 3.17. The average molecular weight is 422 g/mol. The summed E-state index contributed by atoms with van der Waals surface area (Å²) in [4.78, 5) is 30.1. The van der Waals surface area contributed by atoms with Crippen molar-refractivity contribution in [1.82, 2.24) is 9.88 Å². The summed E-state index contributed by atoms with van der Waals surface area (Å²) in [5.74, 6) is 0.349. The Balaban J connectivity index is 1.54. The molecule has 3 aromatic rings. The molecule has 1 aromatic heterocycles. The molecular weight excluding hydrogens is 398 g/mol. The molecule has 0 bridgehead atoms. The molecule has 30 heavy (non-hydrogen) atoms. The van der Waals surface area contributed by atoms with E-state index < -0.39 is 0 Å². The molecule has 2 aromatic carbocycles. The maximum Gasteiger partial charge on any atom is 0.253 e. The smallest absolute Gasteiger partial charge is 0.253 e. The number of benzene rings is 2. The van der Waals surface area contributed by atoms with Gasteiger partial charge in [-0.05, 0) is 48.9 Å². The predicted molar refractivity (Wildman–Crippen MR) is 120 cm³/mol. The van der Waals surface area contributed by atoms with Gasteiger partial charge in [-0.15, -0.1) is 11.3 Å². The van der Waals surface area contributed by atoms with Gasteiger partial charge in [-0.2, -0.15) is 0 Å². The summed E-state index contributed by atoms with van der Waals surface area (Å²) in [5.41, 5.74) is 2.87. The second-order valence-corrected chi connectivity index (χ2v) is 7.88. The van der Waals surface area contributed by atoms with Crippen molar-refractivity contribution in [3.8, 4) is 5.75 Å². The van der Waals surface area contributed by atoms with E-state index in [9.17, 15) is 9.59 Å². The second-order valence-electron chi connectivity index (χ2n) is 6.82. The van der Waals surface area contributed by atoms with Crippen LogP contribution in [0.25, 0.3) is 6.08 Å². The summed E-state index contributed by atoms with van der Waals surface area (Å²) < 4.78 is 5.72. The molecule has 0 atom stereocenters. The van der Waals surface area contributed by atoms with E-state index in [4.69, 9.17) is 4.74 Å². The van der Waals surface area contributed by atoms with Crippen LogP contribution in [0.1, 0.15) is 26.6 Å². The SMILES string of the molecule is Cc1nc(COc2ccc(/C=C/C(=O)Nc3cccc(C(=O)N(C)C)c3)cc2)cs1. The van der Waals surface area contributed by atoms with Crippen molar-refractivity contribution in [3.05, 3.63) is 81.8 Å². The van der Waals surface area contributed by atoms with Crippen LogP contribution >= 0.6 is 11.3 Å². The summed E-state index contributed by atoms with van der Waals surface area (Å²) in [7, 11) is 3.37. The van der Waals surface area contributed by atoms with E-state index >= 15 is 0 Å². The average Bonchev–Trinajstić information content (AvgIpc) is 3.16. The highest BCUT2D eigenvalue weighted by Gasteiger charge is 2.08. The molecule has 0 saturated heterocycles. The summed E-state index contributed by atoms with van der Waals surface area (Å²) in [6, 6.07) is 14.3. The van der Waals surface area contributed by atoms with Gasteiger partial charge < -0.3 is 15.0 Å². The van der Waals surface area contributed by atoms with Gasteiger partial charge in [0.2, 0.25) is 5.91 Å². The number of aryl methyl sites for hydroxylation is 1. The Labute approximate surface area is 179 Å².